The molecule has 2 aliphatic heterocycles. The maximum Gasteiger partial charge on any atom is 0.234 e. The van der Waals surface area contributed by atoms with Crippen molar-refractivity contribution in [2.24, 2.45) is 0 Å². The van der Waals surface area contributed by atoms with Crippen LogP contribution in [-0.2, 0) is 9.59 Å². The third-order valence-corrected chi connectivity index (χ3v) is 5.63. The summed E-state index contributed by atoms with van der Waals surface area (Å²) in [6.07, 6.45) is 9.20. The normalized spacial score (nSPS) is 30.1. The lowest BCUT2D eigenvalue weighted by Gasteiger charge is -2.34. The summed E-state index contributed by atoms with van der Waals surface area (Å²) in [5.74, 6) is 0.357. The van der Waals surface area contributed by atoms with Gasteiger partial charge in [0.2, 0.25) is 11.8 Å². The maximum absolute atomic E-state index is 12.3. The number of hydrogen-bond donors (Lipinski definition) is 1. The van der Waals surface area contributed by atoms with Gasteiger partial charge in [0, 0.05) is 31.6 Å². The molecule has 3 fully saturated rings. The Labute approximate surface area is 133 Å². The van der Waals surface area contributed by atoms with Crippen molar-refractivity contribution in [3.63, 3.8) is 0 Å². The molecule has 0 aromatic rings. The molecule has 0 aromatic heterocycles. The van der Waals surface area contributed by atoms with Crippen molar-refractivity contribution in [2.45, 2.75) is 76.4 Å². The highest BCUT2D eigenvalue weighted by Gasteiger charge is 2.39. The van der Waals surface area contributed by atoms with Crippen molar-refractivity contribution in [2.75, 3.05) is 19.6 Å². The monoisotopic (exact) mass is 307 g/mol. The van der Waals surface area contributed by atoms with Crippen LogP contribution in [0.5, 0.6) is 0 Å². The Morgan fingerprint density at radius 3 is 2.36 bits per heavy atom. The summed E-state index contributed by atoms with van der Waals surface area (Å²) >= 11 is 0. The molecule has 124 valence electrons. The summed E-state index contributed by atoms with van der Waals surface area (Å²) in [5, 5.41) is 3.19. The predicted octanol–water partition coefficient (Wildman–Crippen LogP) is 1.52. The van der Waals surface area contributed by atoms with E-state index >= 15 is 0 Å². The van der Waals surface area contributed by atoms with Gasteiger partial charge in [-0.25, -0.2) is 0 Å². The summed E-state index contributed by atoms with van der Waals surface area (Å²) in [6.45, 7) is 4.05. The molecular weight excluding hydrogens is 278 g/mol. The van der Waals surface area contributed by atoms with Crippen LogP contribution in [0.2, 0.25) is 0 Å². The third kappa shape index (κ3) is 3.45. The number of carbonyl (C=O) groups is 2. The van der Waals surface area contributed by atoms with Gasteiger partial charge in [0.05, 0.1) is 6.54 Å². The molecule has 2 amide bonds. The minimum Gasteiger partial charge on any atom is -0.352 e. The zero-order valence-corrected chi connectivity index (χ0v) is 13.7. The van der Waals surface area contributed by atoms with Gasteiger partial charge in [-0.05, 0) is 45.1 Å². The second kappa shape index (κ2) is 6.99. The first-order chi connectivity index (χ1) is 10.6. The van der Waals surface area contributed by atoms with Crippen LogP contribution in [-0.4, -0.2) is 59.4 Å². The smallest absolute Gasteiger partial charge is 0.234 e. The molecule has 0 spiro atoms. The van der Waals surface area contributed by atoms with Crippen molar-refractivity contribution in [1.82, 2.24) is 15.1 Å². The summed E-state index contributed by atoms with van der Waals surface area (Å²) in [5.41, 5.74) is 0. The highest BCUT2D eigenvalue weighted by atomic mass is 16.2. The van der Waals surface area contributed by atoms with E-state index < -0.39 is 0 Å². The first kappa shape index (κ1) is 15.8. The lowest BCUT2D eigenvalue weighted by atomic mass is 10.0. The molecule has 2 heterocycles. The third-order valence-electron chi connectivity index (χ3n) is 5.63. The lowest BCUT2D eigenvalue weighted by molar-refractivity contribution is -0.130. The van der Waals surface area contributed by atoms with E-state index in [0.29, 0.717) is 24.7 Å². The molecule has 5 nitrogen and oxygen atoms in total. The van der Waals surface area contributed by atoms with Gasteiger partial charge in [0.25, 0.3) is 0 Å². The fourth-order valence-corrected chi connectivity index (χ4v) is 4.60. The van der Waals surface area contributed by atoms with E-state index in [4.69, 9.17) is 0 Å². The van der Waals surface area contributed by atoms with Crippen LogP contribution >= 0.6 is 0 Å². The first-order valence-corrected chi connectivity index (χ1v) is 8.96. The topological polar surface area (TPSA) is 52.7 Å². The molecule has 0 bridgehead atoms. The van der Waals surface area contributed by atoms with Crippen LogP contribution in [0.25, 0.3) is 0 Å². The van der Waals surface area contributed by atoms with Crippen LogP contribution in [0.15, 0.2) is 0 Å². The summed E-state index contributed by atoms with van der Waals surface area (Å²) in [4.78, 5) is 28.4. The van der Waals surface area contributed by atoms with Crippen LogP contribution in [0, 0.1) is 0 Å². The first-order valence-electron chi connectivity index (χ1n) is 8.96. The Morgan fingerprint density at radius 2 is 1.64 bits per heavy atom. The molecule has 3 aliphatic rings. The summed E-state index contributed by atoms with van der Waals surface area (Å²) in [7, 11) is 0. The Kier molecular flexibility index (Phi) is 5.01. The molecule has 2 atom stereocenters. The molecule has 1 aliphatic carbocycles. The molecule has 3 rings (SSSR count). The summed E-state index contributed by atoms with van der Waals surface area (Å²) in [6, 6.07) is 1.09. The molecule has 22 heavy (non-hydrogen) atoms. The van der Waals surface area contributed by atoms with E-state index in [9.17, 15) is 9.59 Å². The van der Waals surface area contributed by atoms with Crippen molar-refractivity contribution in [3.05, 3.63) is 0 Å². The number of nitrogens with one attached hydrogen (secondary N) is 1. The maximum atomic E-state index is 12.3. The molecule has 0 unspecified atom stereocenters. The number of amides is 2. The highest BCUT2D eigenvalue weighted by Crippen LogP contribution is 2.30. The van der Waals surface area contributed by atoms with Gasteiger partial charge in [-0.1, -0.05) is 12.8 Å². The molecule has 1 saturated carbocycles. The minimum atomic E-state index is 0.172. The van der Waals surface area contributed by atoms with Crippen LogP contribution in [0.1, 0.15) is 58.3 Å². The Hall–Kier alpha value is -1.10. The largest absolute Gasteiger partial charge is 0.352 e. The van der Waals surface area contributed by atoms with Crippen molar-refractivity contribution >= 4 is 11.8 Å². The van der Waals surface area contributed by atoms with E-state index in [1.807, 2.05) is 4.90 Å². The zero-order valence-electron chi connectivity index (χ0n) is 13.7. The van der Waals surface area contributed by atoms with Gasteiger partial charge < -0.3 is 10.2 Å². The molecule has 0 radical (unpaired) electrons. The number of likely N-dealkylation sites (tertiary alicyclic amines) is 2. The molecule has 0 aromatic carbocycles. The van der Waals surface area contributed by atoms with Crippen LogP contribution in [0.4, 0.5) is 0 Å². The Morgan fingerprint density at radius 1 is 0.955 bits per heavy atom. The second-order valence-electron chi connectivity index (χ2n) is 7.15. The molecule has 2 saturated heterocycles. The van der Waals surface area contributed by atoms with Gasteiger partial charge in [-0.2, -0.15) is 0 Å². The molecule has 5 heteroatoms. The number of carbonyl (C=O) groups excluding carboxylic acids is 2. The minimum absolute atomic E-state index is 0.172. The van der Waals surface area contributed by atoms with Gasteiger partial charge in [0.15, 0.2) is 0 Å². The van der Waals surface area contributed by atoms with Crippen molar-refractivity contribution in [1.29, 1.82) is 0 Å². The average Bonchev–Trinajstić information content (AvgIpc) is 3.17. The fourth-order valence-electron chi connectivity index (χ4n) is 4.60. The molecule has 1 N–H and O–H groups in total. The van der Waals surface area contributed by atoms with E-state index in [1.54, 1.807) is 6.92 Å². The quantitative estimate of drug-likeness (QED) is 0.857. The van der Waals surface area contributed by atoms with E-state index in [0.717, 1.165) is 51.6 Å². The summed E-state index contributed by atoms with van der Waals surface area (Å²) < 4.78 is 0. The van der Waals surface area contributed by atoms with E-state index in [2.05, 4.69) is 10.2 Å². The number of rotatable bonds is 4. The predicted molar refractivity (Wildman–Crippen MR) is 85.4 cm³/mol. The number of hydrogen-bond acceptors (Lipinski definition) is 3. The van der Waals surface area contributed by atoms with Gasteiger partial charge in [0.1, 0.15) is 0 Å². The zero-order chi connectivity index (χ0) is 15.5. The van der Waals surface area contributed by atoms with E-state index in [-0.39, 0.29) is 11.8 Å². The molecular formula is C17H29N3O2. The van der Waals surface area contributed by atoms with Crippen LogP contribution < -0.4 is 5.32 Å². The Balaban J connectivity index is 1.56. The SMILES string of the molecule is CC(=O)N1CCC[C@@H]1[C@H]1CCCN1CC(=O)NC1CCCC1. The van der Waals surface area contributed by atoms with Crippen molar-refractivity contribution < 1.29 is 9.59 Å². The van der Waals surface area contributed by atoms with E-state index in [1.165, 1.54) is 12.8 Å². The van der Waals surface area contributed by atoms with Crippen LogP contribution in [0.3, 0.4) is 0 Å². The second-order valence-corrected chi connectivity index (χ2v) is 7.15. The Bertz CT molecular complexity index is 420. The van der Waals surface area contributed by atoms with Gasteiger partial charge >= 0.3 is 0 Å². The number of nitrogens with zero attached hydrogens (tertiary/aromatic N) is 2. The van der Waals surface area contributed by atoms with Gasteiger partial charge in [-0.3, -0.25) is 14.5 Å². The van der Waals surface area contributed by atoms with Crippen molar-refractivity contribution in [3.8, 4) is 0 Å². The lowest BCUT2D eigenvalue weighted by Crippen LogP contribution is -2.50. The highest BCUT2D eigenvalue weighted by molar-refractivity contribution is 5.78. The van der Waals surface area contributed by atoms with Gasteiger partial charge in [-0.15, -0.1) is 0 Å². The average molecular weight is 307 g/mol. The fraction of sp³-hybridized carbons (Fsp3) is 0.882. The standard InChI is InChI=1S/C17H29N3O2/c1-13(21)20-11-5-9-16(20)15-8-4-10-19(15)12-17(22)18-14-6-2-3-7-14/h14-16H,2-12H2,1H3,(H,18,22)/t15-,16-/m1/s1.